The lowest BCUT2D eigenvalue weighted by Crippen LogP contribution is -2.39. The smallest absolute Gasteiger partial charge is 0.241 e. The molecular weight excluding hydrogens is 302 g/mol. The van der Waals surface area contributed by atoms with Gasteiger partial charge in [0.1, 0.15) is 17.7 Å². The maximum absolute atomic E-state index is 12.7. The Balaban J connectivity index is 1.61. The van der Waals surface area contributed by atoms with Gasteiger partial charge in [-0.15, -0.1) is 10.2 Å². The summed E-state index contributed by atoms with van der Waals surface area (Å²) in [5.41, 5.74) is 1.02. The minimum Gasteiger partial charge on any atom is -0.354 e. The summed E-state index contributed by atoms with van der Waals surface area (Å²) >= 11 is 0. The first-order valence-electron chi connectivity index (χ1n) is 8.64. The Bertz CT molecular complexity index is 682. The van der Waals surface area contributed by atoms with Crippen molar-refractivity contribution in [1.82, 2.24) is 25.0 Å². The number of carbonyl (C=O) groups excluding carboxylic acids is 1. The van der Waals surface area contributed by atoms with Crippen LogP contribution in [0.15, 0.2) is 30.3 Å². The molecule has 0 aliphatic carbocycles. The van der Waals surface area contributed by atoms with E-state index in [1.165, 1.54) is 0 Å². The fourth-order valence-electron chi connectivity index (χ4n) is 3.21. The van der Waals surface area contributed by atoms with E-state index in [1.807, 2.05) is 37.4 Å². The molecule has 3 rings (SSSR count). The highest BCUT2D eigenvalue weighted by molar-refractivity contribution is 5.83. The molecule has 0 unspecified atom stereocenters. The van der Waals surface area contributed by atoms with Gasteiger partial charge in [-0.1, -0.05) is 37.3 Å². The SMILES string of the molecule is CCN(C)[C@H](C(=O)NCCc1nnc2n1CCC2)c1ccccc1. The van der Waals surface area contributed by atoms with E-state index in [-0.39, 0.29) is 11.9 Å². The molecule has 1 aromatic heterocycles. The Morgan fingerprint density at radius 2 is 2.12 bits per heavy atom. The Labute approximate surface area is 142 Å². The second-order valence-electron chi connectivity index (χ2n) is 6.22. The van der Waals surface area contributed by atoms with Crippen LogP contribution in [-0.2, 0) is 24.2 Å². The zero-order valence-corrected chi connectivity index (χ0v) is 14.4. The quantitative estimate of drug-likeness (QED) is 0.838. The van der Waals surface area contributed by atoms with Crippen molar-refractivity contribution >= 4 is 5.91 Å². The molecule has 1 amide bonds. The predicted octanol–water partition coefficient (Wildman–Crippen LogP) is 1.58. The molecule has 6 heteroatoms. The molecule has 2 heterocycles. The molecule has 0 fully saturated rings. The number of nitrogens with zero attached hydrogens (tertiary/aromatic N) is 4. The number of aromatic nitrogens is 3. The van der Waals surface area contributed by atoms with Gasteiger partial charge >= 0.3 is 0 Å². The van der Waals surface area contributed by atoms with Gasteiger partial charge in [0.05, 0.1) is 0 Å². The van der Waals surface area contributed by atoms with Crippen molar-refractivity contribution in [2.45, 2.75) is 38.8 Å². The van der Waals surface area contributed by atoms with Gasteiger partial charge in [-0.25, -0.2) is 0 Å². The lowest BCUT2D eigenvalue weighted by Gasteiger charge is -2.26. The first-order chi connectivity index (χ1) is 11.7. The molecule has 1 N–H and O–H groups in total. The van der Waals surface area contributed by atoms with Gasteiger partial charge < -0.3 is 9.88 Å². The minimum absolute atomic E-state index is 0.0340. The summed E-state index contributed by atoms with van der Waals surface area (Å²) in [6.45, 7) is 4.45. The monoisotopic (exact) mass is 327 g/mol. The van der Waals surface area contributed by atoms with Gasteiger partial charge in [0, 0.05) is 25.9 Å². The van der Waals surface area contributed by atoms with Gasteiger partial charge in [-0.3, -0.25) is 9.69 Å². The number of benzene rings is 1. The first-order valence-corrected chi connectivity index (χ1v) is 8.64. The Morgan fingerprint density at radius 3 is 2.88 bits per heavy atom. The summed E-state index contributed by atoms with van der Waals surface area (Å²) in [5.74, 6) is 2.08. The fourth-order valence-corrected chi connectivity index (χ4v) is 3.21. The van der Waals surface area contributed by atoms with Crippen LogP contribution in [0, 0.1) is 0 Å². The maximum atomic E-state index is 12.7. The molecular formula is C18H25N5O. The number of hydrogen-bond acceptors (Lipinski definition) is 4. The van der Waals surface area contributed by atoms with Crippen molar-refractivity contribution in [1.29, 1.82) is 0 Å². The largest absolute Gasteiger partial charge is 0.354 e. The number of likely N-dealkylation sites (N-methyl/N-ethyl adjacent to an activating group) is 1. The van der Waals surface area contributed by atoms with E-state index in [1.54, 1.807) is 0 Å². The number of hydrogen-bond donors (Lipinski definition) is 1. The van der Waals surface area contributed by atoms with Crippen LogP contribution in [0.1, 0.15) is 36.6 Å². The lowest BCUT2D eigenvalue weighted by molar-refractivity contribution is -0.126. The Hall–Kier alpha value is -2.21. The van der Waals surface area contributed by atoms with E-state index in [0.717, 1.165) is 49.6 Å². The molecule has 1 aliphatic heterocycles. The molecule has 1 atom stereocenters. The maximum Gasteiger partial charge on any atom is 0.241 e. The highest BCUT2D eigenvalue weighted by atomic mass is 16.2. The molecule has 0 saturated carbocycles. The van der Waals surface area contributed by atoms with Crippen LogP contribution in [0.3, 0.4) is 0 Å². The summed E-state index contributed by atoms with van der Waals surface area (Å²) < 4.78 is 2.18. The van der Waals surface area contributed by atoms with Crippen LogP contribution in [-0.4, -0.2) is 45.7 Å². The molecule has 0 bridgehead atoms. The Morgan fingerprint density at radius 1 is 1.33 bits per heavy atom. The summed E-state index contributed by atoms with van der Waals surface area (Å²) in [6.07, 6.45) is 2.87. The molecule has 2 aromatic rings. The second-order valence-corrected chi connectivity index (χ2v) is 6.22. The van der Waals surface area contributed by atoms with Crippen LogP contribution in [0.5, 0.6) is 0 Å². The number of amides is 1. The summed E-state index contributed by atoms with van der Waals surface area (Å²) in [5, 5.41) is 11.5. The zero-order valence-electron chi connectivity index (χ0n) is 14.4. The van der Waals surface area contributed by atoms with Crippen molar-refractivity contribution in [2.75, 3.05) is 20.1 Å². The average molecular weight is 327 g/mol. The number of aryl methyl sites for hydroxylation is 1. The minimum atomic E-state index is -0.264. The molecule has 0 saturated heterocycles. The number of carbonyl (C=O) groups is 1. The third-order valence-electron chi connectivity index (χ3n) is 4.64. The van der Waals surface area contributed by atoms with E-state index in [4.69, 9.17) is 0 Å². The third-order valence-corrected chi connectivity index (χ3v) is 4.64. The molecule has 128 valence electrons. The third kappa shape index (κ3) is 3.48. The number of fused-ring (bicyclic) bond motifs is 1. The second kappa shape index (κ2) is 7.57. The summed E-state index contributed by atoms with van der Waals surface area (Å²) in [7, 11) is 1.97. The number of rotatable bonds is 7. The van der Waals surface area contributed by atoms with E-state index < -0.39 is 0 Å². The van der Waals surface area contributed by atoms with Crippen LogP contribution >= 0.6 is 0 Å². The Kier molecular flexibility index (Phi) is 5.25. The summed E-state index contributed by atoms with van der Waals surface area (Å²) in [6, 6.07) is 9.65. The fraction of sp³-hybridized carbons (Fsp3) is 0.500. The van der Waals surface area contributed by atoms with Crippen molar-refractivity contribution in [3.8, 4) is 0 Å². The van der Waals surface area contributed by atoms with Crippen LogP contribution < -0.4 is 5.32 Å². The van der Waals surface area contributed by atoms with Crippen molar-refractivity contribution in [3.05, 3.63) is 47.5 Å². The van der Waals surface area contributed by atoms with Gasteiger partial charge in [-0.2, -0.15) is 0 Å². The van der Waals surface area contributed by atoms with Gasteiger partial charge in [-0.05, 0) is 25.6 Å². The van der Waals surface area contributed by atoms with Crippen molar-refractivity contribution in [3.63, 3.8) is 0 Å². The highest BCUT2D eigenvalue weighted by Crippen LogP contribution is 2.19. The normalized spacial score (nSPS) is 14.6. The van der Waals surface area contributed by atoms with Gasteiger partial charge in [0.15, 0.2) is 0 Å². The van der Waals surface area contributed by atoms with Crippen LogP contribution in [0.25, 0.3) is 0 Å². The highest BCUT2D eigenvalue weighted by Gasteiger charge is 2.24. The molecule has 0 radical (unpaired) electrons. The topological polar surface area (TPSA) is 63.1 Å². The summed E-state index contributed by atoms with van der Waals surface area (Å²) in [4.78, 5) is 14.8. The van der Waals surface area contributed by atoms with Gasteiger partial charge in [0.25, 0.3) is 0 Å². The van der Waals surface area contributed by atoms with E-state index in [2.05, 4.69) is 31.9 Å². The van der Waals surface area contributed by atoms with Crippen molar-refractivity contribution in [2.24, 2.45) is 0 Å². The van der Waals surface area contributed by atoms with Crippen LogP contribution in [0.2, 0.25) is 0 Å². The predicted molar refractivity (Wildman–Crippen MR) is 92.5 cm³/mol. The standard InChI is InChI=1S/C18H25N5O/c1-3-22(2)17(14-8-5-4-6-9-14)18(24)19-12-11-16-21-20-15-10-7-13-23(15)16/h4-6,8-9,17H,3,7,10-13H2,1-2H3,(H,19,24)/t17-/m0/s1. The van der Waals surface area contributed by atoms with E-state index >= 15 is 0 Å². The molecule has 1 aliphatic rings. The van der Waals surface area contributed by atoms with Crippen molar-refractivity contribution < 1.29 is 4.79 Å². The molecule has 1 aromatic carbocycles. The van der Waals surface area contributed by atoms with Crippen LogP contribution in [0.4, 0.5) is 0 Å². The van der Waals surface area contributed by atoms with E-state index in [0.29, 0.717) is 6.54 Å². The zero-order chi connectivity index (χ0) is 16.9. The molecule has 0 spiro atoms. The number of nitrogens with one attached hydrogen (secondary N) is 1. The first kappa shape index (κ1) is 16.6. The lowest BCUT2D eigenvalue weighted by atomic mass is 10.0. The molecule has 24 heavy (non-hydrogen) atoms. The van der Waals surface area contributed by atoms with Gasteiger partial charge in [0.2, 0.25) is 5.91 Å². The molecule has 6 nitrogen and oxygen atoms in total. The average Bonchev–Trinajstić information content (AvgIpc) is 3.20. The van der Waals surface area contributed by atoms with E-state index in [9.17, 15) is 4.79 Å².